The molecule has 1 nitrogen and oxygen atoms in total. The largest absolute Gasteiger partial charge is 0.390 e. The lowest BCUT2D eigenvalue weighted by atomic mass is 9.96. The molecule has 1 rings (SSSR count). The maximum absolute atomic E-state index is 12.6. The predicted molar refractivity (Wildman–Crippen MR) is 70.7 cm³/mol. The number of aryl methyl sites for hydroxylation is 2. The van der Waals surface area contributed by atoms with Gasteiger partial charge < -0.3 is 5.32 Å². The van der Waals surface area contributed by atoms with Crippen molar-refractivity contribution in [2.24, 2.45) is 0 Å². The quantitative estimate of drug-likeness (QED) is 0.849. The molecule has 0 spiro atoms. The van der Waals surface area contributed by atoms with Gasteiger partial charge in [-0.15, -0.1) is 0 Å². The first kappa shape index (κ1) is 15.5. The predicted octanol–water partition coefficient (Wildman–Crippen LogP) is 4.67. The van der Waals surface area contributed by atoms with Crippen LogP contribution in [-0.2, 0) is 0 Å². The molecular weight excluding hydrogens is 307 g/mol. The first-order valence-corrected chi connectivity index (χ1v) is 6.60. The molecular formula is C13H17BrF3N. The summed E-state index contributed by atoms with van der Waals surface area (Å²) in [6.45, 7) is 6.03. The summed E-state index contributed by atoms with van der Waals surface area (Å²) >= 11 is 3.39. The number of halogens is 4. The van der Waals surface area contributed by atoms with E-state index in [2.05, 4.69) is 21.2 Å². The molecule has 0 amide bonds. The molecule has 0 radical (unpaired) electrons. The minimum Gasteiger partial charge on any atom is -0.310 e. The van der Waals surface area contributed by atoms with E-state index in [1.54, 1.807) is 0 Å². The lowest BCUT2D eigenvalue weighted by Crippen LogP contribution is -2.27. The van der Waals surface area contributed by atoms with Crippen LogP contribution in [0.1, 0.15) is 36.1 Å². The number of alkyl halides is 3. The van der Waals surface area contributed by atoms with E-state index >= 15 is 0 Å². The van der Waals surface area contributed by atoms with Crippen LogP contribution in [0, 0.1) is 13.8 Å². The van der Waals surface area contributed by atoms with Crippen molar-refractivity contribution in [3.05, 3.63) is 33.3 Å². The first-order chi connectivity index (χ1) is 8.24. The second-order valence-electron chi connectivity index (χ2n) is 4.39. The Labute approximate surface area is 114 Å². The van der Waals surface area contributed by atoms with Crippen LogP contribution in [0.5, 0.6) is 0 Å². The molecule has 18 heavy (non-hydrogen) atoms. The normalized spacial score (nSPS) is 13.7. The topological polar surface area (TPSA) is 12.0 Å². The van der Waals surface area contributed by atoms with Crippen LogP contribution in [0.15, 0.2) is 16.6 Å². The Balaban J connectivity index is 3.09. The van der Waals surface area contributed by atoms with Crippen molar-refractivity contribution < 1.29 is 13.2 Å². The minimum atomic E-state index is -4.17. The number of nitrogens with one attached hydrogen (secondary N) is 1. The van der Waals surface area contributed by atoms with Crippen molar-refractivity contribution in [1.29, 1.82) is 0 Å². The summed E-state index contributed by atoms with van der Waals surface area (Å²) in [6.07, 6.45) is -5.01. The zero-order valence-electron chi connectivity index (χ0n) is 10.7. The third-order valence-electron chi connectivity index (χ3n) is 2.81. The van der Waals surface area contributed by atoms with Crippen molar-refractivity contribution in [2.75, 3.05) is 6.54 Å². The zero-order chi connectivity index (χ0) is 13.9. The molecule has 0 aromatic heterocycles. The van der Waals surface area contributed by atoms with Crippen LogP contribution in [-0.4, -0.2) is 12.7 Å². The summed E-state index contributed by atoms with van der Waals surface area (Å²) in [5.74, 6) is 0. The summed E-state index contributed by atoms with van der Waals surface area (Å²) in [6, 6.07) is 3.01. The van der Waals surface area contributed by atoms with Gasteiger partial charge in [-0.3, -0.25) is 0 Å². The lowest BCUT2D eigenvalue weighted by Gasteiger charge is -2.22. The smallest absolute Gasteiger partial charge is 0.310 e. The average Bonchev–Trinajstić information content (AvgIpc) is 2.21. The first-order valence-electron chi connectivity index (χ1n) is 5.81. The SMILES string of the molecule is CCNC(CC(F)(F)F)c1cc(C)c(Br)cc1C. The average molecular weight is 324 g/mol. The molecule has 5 heteroatoms. The zero-order valence-corrected chi connectivity index (χ0v) is 12.2. The fraction of sp³-hybridized carbons (Fsp3) is 0.538. The number of hydrogen-bond acceptors (Lipinski definition) is 1. The summed E-state index contributed by atoms with van der Waals surface area (Å²) < 4.78 is 38.7. The van der Waals surface area contributed by atoms with Crippen LogP contribution in [0.2, 0.25) is 0 Å². The van der Waals surface area contributed by atoms with Gasteiger partial charge in [0.1, 0.15) is 0 Å². The third kappa shape index (κ3) is 4.28. The minimum absolute atomic E-state index is 0.509. The number of rotatable bonds is 4. The van der Waals surface area contributed by atoms with Crippen molar-refractivity contribution >= 4 is 15.9 Å². The Morgan fingerprint density at radius 3 is 2.33 bits per heavy atom. The Morgan fingerprint density at radius 1 is 1.22 bits per heavy atom. The molecule has 1 atom stereocenters. The fourth-order valence-corrected chi connectivity index (χ4v) is 2.41. The monoisotopic (exact) mass is 323 g/mol. The Kier molecular flexibility index (Phi) is 5.22. The van der Waals surface area contributed by atoms with E-state index < -0.39 is 18.6 Å². The standard InChI is InChI=1S/C13H17BrF3N/c1-4-18-12(7-13(15,16)17)10-5-9(3)11(14)6-8(10)2/h5-6,12,18H,4,7H2,1-3H3. The second-order valence-corrected chi connectivity index (χ2v) is 5.24. The van der Waals surface area contributed by atoms with Crippen molar-refractivity contribution in [3.63, 3.8) is 0 Å². The van der Waals surface area contributed by atoms with Crippen LogP contribution in [0.4, 0.5) is 13.2 Å². The molecule has 1 N–H and O–H groups in total. The van der Waals surface area contributed by atoms with Gasteiger partial charge in [0, 0.05) is 10.5 Å². The van der Waals surface area contributed by atoms with Crippen molar-refractivity contribution in [2.45, 2.75) is 39.4 Å². The van der Waals surface area contributed by atoms with E-state index in [1.165, 1.54) is 0 Å². The number of hydrogen-bond donors (Lipinski definition) is 1. The molecule has 1 aromatic rings. The van der Waals surface area contributed by atoms with Gasteiger partial charge in [0.25, 0.3) is 0 Å². The van der Waals surface area contributed by atoms with Gasteiger partial charge in [0.15, 0.2) is 0 Å². The van der Waals surface area contributed by atoms with Gasteiger partial charge in [-0.2, -0.15) is 13.2 Å². The van der Waals surface area contributed by atoms with Crippen molar-refractivity contribution in [1.82, 2.24) is 5.32 Å². The molecule has 0 aliphatic heterocycles. The molecule has 1 unspecified atom stereocenters. The summed E-state index contributed by atoms with van der Waals surface area (Å²) in [4.78, 5) is 0. The summed E-state index contributed by atoms with van der Waals surface area (Å²) in [7, 11) is 0. The van der Waals surface area contributed by atoms with E-state index in [4.69, 9.17) is 0 Å². The third-order valence-corrected chi connectivity index (χ3v) is 3.66. The highest BCUT2D eigenvalue weighted by molar-refractivity contribution is 9.10. The molecule has 0 fully saturated rings. The molecule has 1 aromatic carbocycles. The Hall–Kier alpha value is -0.550. The molecule has 102 valence electrons. The van der Waals surface area contributed by atoms with Crippen molar-refractivity contribution in [3.8, 4) is 0 Å². The highest BCUT2D eigenvalue weighted by atomic mass is 79.9. The molecule has 0 heterocycles. The molecule has 0 bridgehead atoms. The van der Waals surface area contributed by atoms with E-state index in [-0.39, 0.29) is 0 Å². The van der Waals surface area contributed by atoms with Gasteiger partial charge in [0.2, 0.25) is 0 Å². The lowest BCUT2D eigenvalue weighted by molar-refractivity contribution is -0.140. The van der Waals surface area contributed by atoms with E-state index in [0.717, 1.165) is 21.2 Å². The highest BCUT2D eigenvalue weighted by Crippen LogP contribution is 2.33. The highest BCUT2D eigenvalue weighted by Gasteiger charge is 2.32. The maximum Gasteiger partial charge on any atom is 0.390 e. The van der Waals surface area contributed by atoms with Gasteiger partial charge >= 0.3 is 6.18 Å². The fourth-order valence-electron chi connectivity index (χ4n) is 1.95. The van der Waals surface area contributed by atoms with E-state index in [9.17, 15) is 13.2 Å². The molecule has 0 saturated heterocycles. The summed E-state index contributed by atoms with van der Waals surface area (Å²) in [5.41, 5.74) is 2.53. The maximum atomic E-state index is 12.6. The van der Waals surface area contributed by atoms with Crippen LogP contribution < -0.4 is 5.32 Å². The van der Waals surface area contributed by atoms with E-state index in [0.29, 0.717) is 6.54 Å². The van der Waals surface area contributed by atoms with Gasteiger partial charge in [-0.25, -0.2) is 0 Å². The van der Waals surface area contributed by atoms with Crippen LogP contribution in [0.25, 0.3) is 0 Å². The Morgan fingerprint density at radius 2 is 1.83 bits per heavy atom. The van der Waals surface area contributed by atoms with E-state index in [1.807, 2.05) is 32.9 Å². The van der Waals surface area contributed by atoms with Gasteiger partial charge in [-0.05, 0) is 43.1 Å². The molecule has 0 aliphatic carbocycles. The molecule has 0 aliphatic rings. The summed E-state index contributed by atoms with van der Waals surface area (Å²) in [5, 5.41) is 2.91. The Bertz CT molecular complexity index is 415. The molecule has 0 saturated carbocycles. The number of benzene rings is 1. The van der Waals surface area contributed by atoms with Gasteiger partial charge in [-0.1, -0.05) is 28.9 Å². The van der Waals surface area contributed by atoms with Crippen LogP contribution in [0.3, 0.4) is 0 Å². The van der Waals surface area contributed by atoms with Gasteiger partial charge in [0.05, 0.1) is 6.42 Å². The second kappa shape index (κ2) is 6.06. The van der Waals surface area contributed by atoms with Crippen LogP contribution >= 0.6 is 15.9 Å².